The molecule has 10 nitrogen and oxygen atoms in total. The van der Waals surface area contributed by atoms with Crippen LogP contribution in [0.25, 0.3) is 0 Å². The molecule has 2 saturated heterocycles. The SMILES string of the molecule is CC(C)C[C@@H]1NC(=O)[C@@H]2C[C@H](C(=O)NCCCCCCNC(=O)CS)[C@H](c3cccc(OCCO)c3)N2C1=O. The summed E-state index contributed by atoms with van der Waals surface area (Å²) in [7, 11) is 0. The van der Waals surface area contributed by atoms with Crippen LogP contribution in [0, 0.1) is 11.8 Å². The number of carbonyl (C=O) groups is 4. The molecular formula is C28H42N4O6S. The van der Waals surface area contributed by atoms with Gasteiger partial charge >= 0.3 is 0 Å². The van der Waals surface area contributed by atoms with Crippen LogP contribution in [0.5, 0.6) is 5.75 Å². The molecule has 2 fully saturated rings. The highest BCUT2D eigenvalue weighted by molar-refractivity contribution is 7.81. The Bertz CT molecular complexity index is 1010. The molecule has 216 valence electrons. The van der Waals surface area contributed by atoms with Crippen LogP contribution in [0.1, 0.15) is 64.0 Å². The Morgan fingerprint density at radius 2 is 1.87 bits per heavy atom. The summed E-state index contributed by atoms with van der Waals surface area (Å²) in [6, 6.07) is 5.26. The highest BCUT2D eigenvalue weighted by Crippen LogP contribution is 2.44. The van der Waals surface area contributed by atoms with E-state index in [0.717, 1.165) is 31.2 Å². The van der Waals surface area contributed by atoms with Crippen molar-refractivity contribution in [1.82, 2.24) is 20.9 Å². The Hall–Kier alpha value is -2.79. The molecule has 3 rings (SSSR count). The van der Waals surface area contributed by atoms with E-state index in [4.69, 9.17) is 9.84 Å². The second-order valence-corrected chi connectivity index (χ2v) is 10.9. The van der Waals surface area contributed by atoms with Crippen molar-refractivity contribution in [1.29, 1.82) is 0 Å². The fourth-order valence-corrected chi connectivity index (χ4v) is 5.47. The van der Waals surface area contributed by atoms with Gasteiger partial charge in [-0.1, -0.05) is 38.8 Å². The predicted molar refractivity (Wildman–Crippen MR) is 150 cm³/mol. The molecule has 1 aromatic carbocycles. The molecule has 2 aliphatic rings. The maximum atomic E-state index is 13.6. The van der Waals surface area contributed by atoms with E-state index in [1.165, 1.54) is 0 Å². The van der Waals surface area contributed by atoms with Gasteiger partial charge in [0.1, 0.15) is 24.4 Å². The summed E-state index contributed by atoms with van der Waals surface area (Å²) in [5.74, 6) is -0.323. The van der Waals surface area contributed by atoms with E-state index in [1.54, 1.807) is 23.1 Å². The minimum atomic E-state index is -0.712. The van der Waals surface area contributed by atoms with Gasteiger partial charge in [-0.15, -0.1) is 0 Å². The molecule has 0 unspecified atom stereocenters. The summed E-state index contributed by atoms with van der Waals surface area (Å²) in [6.45, 7) is 5.11. The number of amides is 4. The number of aliphatic hydroxyl groups is 1. The van der Waals surface area contributed by atoms with Gasteiger partial charge in [-0.2, -0.15) is 12.6 Å². The van der Waals surface area contributed by atoms with E-state index in [1.807, 2.05) is 19.9 Å². The van der Waals surface area contributed by atoms with Gasteiger partial charge in [0.15, 0.2) is 0 Å². The van der Waals surface area contributed by atoms with Gasteiger partial charge < -0.3 is 30.7 Å². The zero-order chi connectivity index (χ0) is 28.4. The maximum Gasteiger partial charge on any atom is 0.246 e. The Morgan fingerprint density at radius 1 is 1.15 bits per heavy atom. The number of nitrogens with one attached hydrogen (secondary N) is 3. The summed E-state index contributed by atoms with van der Waals surface area (Å²) in [5.41, 5.74) is 0.725. The summed E-state index contributed by atoms with van der Waals surface area (Å²) in [4.78, 5) is 53.0. The van der Waals surface area contributed by atoms with Crippen molar-refractivity contribution in [2.24, 2.45) is 11.8 Å². The van der Waals surface area contributed by atoms with Crippen LogP contribution in [0.2, 0.25) is 0 Å². The van der Waals surface area contributed by atoms with Crippen LogP contribution in [0.3, 0.4) is 0 Å². The molecule has 0 saturated carbocycles. The molecule has 0 bridgehead atoms. The van der Waals surface area contributed by atoms with Crippen molar-refractivity contribution in [3.05, 3.63) is 29.8 Å². The second-order valence-electron chi connectivity index (χ2n) is 10.6. The zero-order valence-corrected chi connectivity index (χ0v) is 23.8. The molecule has 2 aliphatic heterocycles. The third-order valence-corrected chi connectivity index (χ3v) is 7.42. The van der Waals surface area contributed by atoms with Crippen LogP contribution in [0.15, 0.2) is 24.3 Å². The molecule has 1 aromatic rings. The summed E-state index contributed by atoms with van der Waals surface area (Å²) < 4.78 is 5.59. The van der Waals surface area contributed by atoms with Crippen LogP contribution in [-0.4, -0.2) is 77.8 Å². The van der Waals surface area contributed by atoms with Crippen molar-refractivity contribution in [2.75, 3.05) is 32.1 Å². The number of rotatable bonds is 15. The summed E-state index contributed by atoms with van der Waals surface area (Å²) in [6.07, 6.45) is 4.25. The summed E-state index contributed by atoms with van der Waals surface area (Å²) >= 11 is 3.93. The minimum Gasteiger partial charge on any atom is -0.491 e. The van der Waals surface area contributed by atoms with Crippen LogP contribution < -0.4 is 20.7 Å². The Kier molecular flexibility index (Phi) is 11.9. The Morgan fingerprint density at radius 3 is 2.54 bits per heavy atom. The number of thiol groups is 1. The van der Waals surface area contributed by atoms with Gasteiger partial charge in [0.05, 0.1) is 24.3 Å². The first kappa shape index (κ1) is 30.7. The molecule has 39 heavy (non-hydrogen) atoms. The van der Waals surface area contributed by atoms with E-state index in [-0.39, 0.29) is 54.9 Å². The summed E-state index contributed by atoms with van der Waals surface area (Å²) in [5, 5.41) is 17.8. The Balaban J connectivity index is 1.70. The van der Waals surface area contributed by atoms with E-state index in [2.05, 4.69) is 28.6 Å². The zero-order valence-electron chi connectivity index (χ0n) is 22.9. The average Bonchev–Trinajstić information content (AvgIpc) is 3.33. The first-order valence-corrected chi connectivity index (χ1v) is 14.5. The van der Waals surface area contributed by atoms with E-state index in [9.17, 15) is 19.2 Å². The van der Waals surface area contributed by atoms with Gasteiger partial charge in [0.25, 0.3) is 0 Å². The highest BCUT2D eigenvalue weighted by Gasteiger charge is 2.54. The lowest BCUT2D eigenvalue weighted by atomic mass is 9.92. The topological polar surface area (TPSA) is 137 Å². The number of hydrogen-bond acceptors (Lipinski definition) is 7. The van der Waals surface area contributed by atoms with Gasteiger partial charge in [-0.25, -0.2) is 0 Å². The van der Waals surface area contributed by atoms with Crippen molar-refractivity contribution < 1.29 is 29.0 Å². The number of benzene rings is 1. The lowest BCUT2D eigenvalue weighted by Crippen LogP contribution is -2.61. The number of nitrogens with zero attached hydrogens (tertiary/aromatic N) is 1. The van der Waals surface area contributed by atoms with Crippen molar-refractivity contribution in [3.8, 4) is 5.75 Å². The fraction of sp³-hybridized carbons (Fsp3) is 0.643. The molecule has 0 aromatic heterocycles. The van der Waals surface area contributed by atoms with Gasteiger partial charge in [0.2, 0.25) is 23.6 Å². The Labute approximate surface area is 236 Å². The molecule has 0 radical (unpaired) electrons. The van der Waals surface area contributed by atoms with Gasteiger partial charge in [0, 0.05) is 13.1 Å². The third kappa shape index (κ3) is 8.35. The highest BCUT2D eigenvalue weighted by atomic mass is 32.1. The largest absolute Gasteiger partial charge is 0.491 e. The van der Waals surface area contributed by atoms with Gasteiger partial charge in [-0.3, -0.25) is 19.2 Å². The van der Waals surface area contributed by atoms with Crippen LogP contribution >= 0.6 is 12.6 Å². The standard InChI is InChI=1S/C28H42N4O6S/c1-18(2)14-22-28(37)32-23(27(36)31-22)16-21(25(32)19-8-7-9-20(15-19)38-13-12-33)26(35)30-11-6-4-3-5-10-29-24(34)17-39/h7-9,15,18,21-23,25,33,39H,3-6,10-14,16-17H2,1-2H3,(H,29,34)(H,30,35)(H,31,36)/t21-,22-,23-,25-/m0/s1. The smallest absolute Gasteiger partial charge is 0.246 e. The van der Waals surface area contributed by atoms with E-state index >= 15 is 0 Å². The predicted octanol–water partition coefficient (Wildman–Crippen LogP) is 1.58. The van der Waals surface area contributed by atoms with Crippen LogP contribution in [-0.2, 0) is 19.2 Å². The quantitative estimate of drug-likeness (QED) is 0.163. The van der Waals surface area contributed by atoms with Crippen molar-refractivity contribution in [2.45, 2.75) is 70.5 Å². The number of piperazine rings is 1. The van der Waals surface area contributed by atoms with Gasteiger partial charge in [-0.05, 0) is 49.3 Å². The molecule has 0 aliphatic carbocycles. The minimum absolute atomic E-state index is 0.0822. The first-order chi connectivity index (χ1) is 18.8. The number of carbonyl (C=O) groups excluding carboxylic acids is 4. The number of unbranched alkanes of at least 4 members (excludes halogenated alkanes) is 3. The normalized spacial score (nSPS) is 22.4. The number of fused-ring (bicyclic) bond motifs is 1. The lowest BCUT2D eigenvalue weighted by molar-refractivity contribution is -0.150. The molecule has 4 atom stereocenters. The average molecular weight is 563 g/mol. The van der Waals surface area contributed by atoms with E-state index in [0.29, 0.717) is 25.3 Å². The fourth-order valence-electron chi connectivity index (χ4n) is 5.36. The van der Waals surface area contributed by atoms with E-state index < -0.39 is 24.0 Å². The lowest BCUT2D eigenvalue weighted by Gasteiger charge is -2.39. The maximum absolute atomic E-state index is 13.6. The molecule has 4 N–H and O–H groups in total. The second kappa shape index (κ2) is 15.1. The molecule has 0 spiro atoms. The number of hydrogen-bond donors (Lipinski definition) is 5. The van der Waals surface area contributed by atoms with Crippen molar-refractivity contribution >= 4 is 36.3 Å². The number of aliphatic hydroxyl groups excluding tert-OH is 1. The third-order valence-electron chi connectivity index (χ3n) is 7.14. The number of ether oxygens (including phenoxy) is 1. The first-order valence-electron chi connectivity index (χ1n) is 13.9. The molecule has 11 heteroatoms. The molecule has 2 heterocycles. The monoisotopic (exact) mass is 562 g/mol. The van der Waals surface area contributed by atoms with Crippen LogP contribution in [0.4, 0.5) is 0 Å². The molecule has 4 amide bonds. The van der Waals surface area contributed by atoms with Crippen molar-refractivity contribution in [3.63, 3.8) is 0 Å². The molecular weight excluding hydrogens is 520 g/mol.